The van der Waals surface area contributed by atoms with Gasteiger partial charge in [0.25, 0.3) is 0 Å². The standard InChI is InChI=1S/C18H27N5S/c1-15-21-17(12-24-15)11-22-7-4-18(5-8-22)3-2-6-23(13-18)10-16-9-19-14-20-16/h9,12,14H,2-8,10-11,13H2,1H3,(H,19,20). The van der Waals surface area contributed by atoms with Crippen molar-refractivity contribution < 1.29 is 0 Å². The smallest absolute Gasteiger partial charge is 0.0922 e. The van der Waals surface area contributed by atoms with E-state index in [1.807, 2.05) is 6.20 Å². The van der Waals surface area contributed by atoms with E-state index in [0.29, 0.717) is 5.41 Å². The monoisotopic (exact) mass is 345 g/mol. The summed E-state index contributed by atoms with van der Waals surface area (Å²) >= 11 is 1.76. The number of nitrogens with zero attached hydrogens (tertiary/aromatic N) is 4. The minimum Gasteiger partial charge on any atom is -0.347 e. The molecule has 1 N–H and O–H groups in total. The van der Waals surface area contributed by atoms with Gasteiger partial charge in [0.2, 0.25) is 0 Å². The quantitative estimate of drug-likeness (QED) is 0.925. The largest absolute Gasteiger partial charge is 0.347 e. The van der Waals surface area contributed by atoms with Crippen LogP contribution in [0.5, 0.6) is 0 Å². The Kier molecular flexibility index (Phi) is 4.70. The van der Waals surface area contributed by atoms with Gasteiger partial charge < -0.3 is 4.98 Å². The first-order valence-electron chi connectivity index (χ1n) is 9.04. The first-order chi connectivity index (χ1) is 11.7. The summed E-state index contributed by atoms with van der Waals surface area (Å²) in [6, 6.07) is 0. The fraction of sp³-hybridized carbons (Fsp3) is 0.667. The average molecular weight is 346 g/mol. The number of nitrogens with one attached hydrogen (secondary N) is 1. The summed E-state index contributed by atoms with van der Waals surface area (Å²) in [5.41, 5.74) is 3.02. The summed E-state index contributed by atoms with van der Waals surface area (Å²) in [7, 11) is 0. The molecule has 0 aliphatic carbocycles. The highest BCUT2D eigenvalue weighted by atomic mass is 32.1. The molecule has 24 heavy (non-hydrogen) atoms. The molecular formula is C18H27N5S. The van der Waals surface area contributed by atoms with Gasteiger partial charge in [0.1, 0.15) is 0 Å². The molecule has 0 unspecified atom stereocenters. The normalized spacial score (nSPS) is 22.2. The Labute approximate surface area is 148 Å². The molecule has 2 saturated heterocycles. The molecule has 6 heteroatoms. The number of likely N-dealkylation sites (tertiary alicyclic amines) is 2. The predicted molar refractivity (Wildman–Crippen MR) is 96.9 cm³/mol. The Hall–Kier alpha value is -1.24. The average Bonchev–Trinajstić information content (AvgIpc) is 3.22. The van der Waals surface area contributed by atoms with Crippen LogP contribution in [0.15, 0.2) is 17.9 Å². The maximum absolute atomic E-state index is 4.62. The summed E-state index contributed by atoms with van der Waals surface area (Å²) in [6.45, 7) is 9.04. The third-order valence-electron chi connectivity index (χ3n) is 5.66. The van der Waals surface area contributed by atoms with Crippen LogP contribution >= 0.6 is 11.3 Å². The zero-order valence-corrected chi connectivity index (χ0v) is 15.3. The lowest BCUT2D eigenvalue weighted by molar-refractivity contribution is 0.0179. The molecule has 2 aliphatic rings. The van der Waals surface area contributed by atoms with Gasteiger partial charge in [-0.15, -0.1) is 11.3 Å². The van der Waals surface area contributed by atoms with Crippen LogP contribution in [0.1, 0.15) is 42.1 Å². The van der Waals surface area contributed by atoms with Gasteiger partial charge in [0.15, 0.2) is 0 Å². The van der Waals surface area contributed by atoms with E-state index in [-0.39, 0.29) is 0 Å². The van der Waals surface area contributed by atoms with Gasteiger partial charge in [0.05, 0.1) is 17.0 Å². The fourth-order valence-electron chi connectivity index (χ4n) is 4.36. The summed E-state index contributed by atoms with van der Waals surface area (Å²) in [6.07, 6.45) is 9.13. The minimum atomic E-state index is 0.534. The predicted octanol–water partition coefficient (Wildman–Crippen LogP) is 3.05. The molecule has 0 atom stereocenters. The van der Waals surface area contributed by atoms with Crippen LogP contribution < -0.4 is 0 Å². The van der Waals surface area contributed by atoms with Crippen molar-refractivity contribution in [1.29, 1.82) is 0 Å². The van der Waals surface area contributed by atoms with Crippen LogP contribution in [0.4, 0.5) is 0 Å². The maximum atomic E-state index is 4.62. The highest BCUT2D eigenvalue weighted by Crippen LogP contribution is 2.40. The van der Waals surface area contributed by atoms with Crippen LogP contribution in [0.25, 0.3) is 0 Å². The summed E-state index contributed by atoms with van der Waals surface area (Å²) < 4.78 is 0. The van der Waals surface area contributed by atoms with Crippen LogP contribution in [0.3, 0.4) is 0 Å². The van der Waals surface area contributed by atoms with Crippen molar-refractivity contribution in [2.75, 3.05) is 26.2 Å². The molecule has 4 heterocycles. The number of hydrogen-bond acceptors (Lipinski definition) is 5. The summed E-state index contributed by atoms with van der Waals surface area (Å²) in [4.78, 5) is 17.2. The minimum absolute atomic E-state index is 0.534. The van der Waals surface area contributed by atoms with E-state index < -0.39 is 0 Å². The van der Waals surface area contributed by atoms with Crippen molar-refractivity contribution in [2.45, 2.75) is 45.7 Å². The summed E-state index contributed by atoms with van der Waals surface area (Å²) in [5.74, 6) is 0. The Bertz CT molecular complexity index is 642. The SMILES string of the molecule is Cc1nc(CN2CCC3(CCCN(Cc4cnc[nH]4)C3)CC2)cs1. The Morgan fingerprint density at radius 1 is 1.17 bits per heavy atom. The molecule has 0 saturated carbocycles. The highest BCUT2D eigenvalue weighted by molar-refractivity contribution is 7.09. The van der Waals surface area contributed by atoms with Gasteiger partial charge in [-0.25, -0.2) is 9.97 Å². The molecule has 5 nitrogen and oxygen atoms in total. The number of rotatable bonds is 4. The lowest BCUT2D eigenvalue weighted by atomic mass is 9.72. The van der Waals surface area contributed by atoms with Crippen LogP contribution in [0.2, 0.25) is 0 Å². The van der Waals surface area contributed by atoms with E-state index in [4.69, 9.17) is 0 Å². The zero-order valence-electron chi connectivity index (χ0n) is 14.5. The van der Waals surface area contributed by atoms with Gasteiger partial charge >= 0.3 is 0 Å². The number of H-pyrrole nitrogens is 1. The number of imidazole rings is 1. The zero-order chi connectivity index (χ0) is 16.4. The van der Waals surface area contributed by atoms with Crippen LogP contribution in [-0.2, 0) is 13.1 Å². The molecule has 130 valence electrons. The Morgan fingerprint density at radius 2 is 2.04 bits per heavy atom. The van der Waals surface area contributed by atoms with Gasteiger partial charge in [-0.1, -0.05) is 0 Å². The molecular weight excluding hydrogens is 318 g/mol. The second-order valence-corrected chi connectivity index (χ2v) is 8.59. The van der Waals surface area contributed by atoms with Gasteiger partial charge in [-0.2, -0.15) is 0 Å². The van der Waals surface area contributed by atoms with E-state index >= 15 is 0 Å². The molecule has 2 aromatic heterocycles. The van der Waals surface area contributed by atoms with E-state index in [0.717, 1.165) is 13.1 Å². The third-order valence-corrected chi connectivity index (χ3v) is 6.48. The highest BCUT2D eigenvalue weighted by Gasteiger charge is 2.38. The molecule has 1 spiro atoms. The fourth-order valence-corrected chi connectivity index (χ4v) is 4.96. The maximum Gasteiger partial charge on any atom is 0.0922 e. The molecule has 0 amide bonds. The lowest BCUT2D eigenvalue weighted by Gasteiger charge is -2.47. The number of piperidine rings is 2. The lowest BCUT2D eigenvalue weighted by Crippen LogP contribution is -2.49. The molecule has 2 aromatic rings. The second kappa shape index (κ2) is 6.94. The van der Waals surface area contributed by atoms with E-state index in [9.17, 15) is 0 Å². The molecule has 2 fully saturated rings. The molecule has 4 rings (SSSR count). The number of aryl methyl sites for hydroxylation is 1. The van der Waals surface area contributed by atoms with Crippen LogP contribution in [0, 0.1) is 12.3 Å². The molecule has 2 aliphatic heterocycles. The second-order valence-electron chi connectivity index (χ2n) is 7.53. The Morgan fingerprint density at radius 3 is 2.75 bits per heavy atom. The van der Waals surface area contributed by atoms with Crippen molar-refractivity contribution in [1.82, 2.24) is 24.8 Å². The van der Waals surface area contributed by atoms with Crippen molar-refractivity contribution >= 4 is 11.3 Å². The first-order valence-corrected chi connectivity index (χ1v) is 9.92. The number of aromatic amines is 1. The van der Waals surface area contributed by atoms with Gasteiger partial charge in [-0.05, 0) is 57.7 Å². The van der Waals surface area contributed by atoms with Gasteiger partial charge in [0, 0.05) is 36.9 Å². The first kappa shape index (κ1) is 16.2. The Balaban J connectivity index is 1.31. The molecule has 0 bridgehead atoms. The van der Waals surface area contributed by atoms with Crippen LogP contribution in [-0.4, -0.2) is 50.9 Å². The molecule has 0 aromatic carbocycles. The third kappa shape index (κ3) is 3.71. The number of thiazole rings is 1. The van der Waals surface area contributed by atoms with E-state index in [1.54, 1.807) is 17.7 Å². The van der Waals surface area contributed by atoms with Crippen molar-refractivity contribution in [3.05, 3.63) is 34.3 Å². The van der Waals surface area contributed by atoms with Crippen molar-refractivity contribution in [2.24, 2.45) is 5.41 Å². The topological polar surface area (TPSA) is 48.1 Å². The van der Waals surface area contributed by atoms with E-state index in [2.05, 4.69) is 37.1 Å². The van der Waals surface area contributed by atoms with Gasteiger partial charge in [-0.3, -0.25) is 9.80 Å². The summed E-state index contributed by atoms with van der Waals surface area (Å²) in [5, 5.41) is 3.40. The van der Waals surface area contributed by atoms with E-state index in [1.165, 1.54) is 68.3 Å². The van der Waals surface area contributed by atoms with Crippen molar-refractivity contribution in [3.63, 3.8) is 0 Å². The van der Waals surface area contributed by atoms with Crippen molar-refractivity contribution in [3.8, 4) is 0 Å². The number of aromatic nitrogens is 3. The number of hydrogen-bond donors (Lipinski definition) is 1. The molecule has 0 radical (unpaired) electrons.